The quantitative estimate of drug-likeness (QED) is 0.765. The van der Waals surface area contributed by atoms with E-state index in [0.29, 0.717) is 24.0 Å². The van der Waals surface area contributed by atoms with Gasteiger partial charge in [0.15, 0.2) is 0 Å². The minimum absolute atomic E-state index is 0.207. The van der Waals surface area contributed by atoms with Crippen molar-refractivity contribution in [2.75, 3.05) is 13.6 Å². The lowest BCUT2D eigenvalue weighted by Crippen LogP contribution is -2.53. The van der Waals surface area contributed by atoms with E-state index in [9.17, 15) is 5.11 Å². The Labute approximate surface area is 100 Å². The highest BCUT2D eigenvalue weighted by molar-refractivity contribution is 4.87. The van der Waals surface area contributed by atoms with Gasteiger partial charge < -0.3 is 15.3 Å². The molecule has 0 aromatic heterocycles. The van der Waals surface area contributed by atoms with Crippen molar-refractivity contribution in [2.24, 2.45) is 5.92 Å². The van der Waals surface area contributed by atoms with Crippen LogP contribution in [0.25, 0.3) is 0 Å². The average molecular weight is 228 g/mol. The number of aliphatic hydroxyl groups excluding tert-OH is 1. The van der Waals surface area contributed by atoms with Gasteiger partial charge in [0.25, 0.3) is 0 Å². The summed E-state index contributed by atoms with van der Waals surface area (Å²) < 4.78 is 0. The summed E-state index contributed by atoms with van der Waals surface area (Å²) in [5.41, 5.74) is 0. The van der Waals surface area contributed by atoms with Crippen LogP contribution in [0.1, 0.15) is 40.5 Å². The summed E-state index contributed by atoms with van der Waals surface area (Å²) in [6.07, 6.45) is 1.84. The summed E-state index contributed by atoms with van der Waals surface area (Å²) in [7, 11) is 2.20. The second kappa shape index (κ2) is 5.99. The highest BCUT2D eigenvalue weighted by Gasteiger charge is 2.29. The minimum Gasteiger partial charge on any atom is -0.393 e. The molecule has 1 heterocycles. The van der Waals surface area contributed by atoms with E-state index in [1.54, 1.807) is 0 Å². The summed E-state index contributed by atoms with van der Waals surface area (Å²) >= 11 is 0. The maximum Gasteiger partial charge on any atom is 0.0526 e. The van der Waals surface area contributed by atoms with Crippen LogP contribution in [0.2, 0.25) is 0 Å². The first kappa shape index (κ1) is 13.9. The Morgan fingerprint density at radius 1 is 1.38 bits per heavy atom. The van der Waals surface area contributed by atoms with Gasteiger partial charge in [-0.05, 0) is 46.6 Å². The second-order valence-corrected chi connectivity index (χ2v) is 5.76. The smallest absolute Gasteiger partial charge is 0.0526 e. The fourth-order valence-corrected chi connectivity index (χ4v) is 2.72. The van der Waals surface area contributed by atoms with Crippen molar-refractivity contribution in [3.8, 4) is 0 Å². The van der Waals surface area contributed by atoms with Gasteiger partial charge >= 0.3 is 0 Å². The molecule has 0 aliphatic carbocycles. The van der Waals surface area contributed by atoms with Crippen LogP contribution in [0.15, 0.2) is 0 Å². The van der Waals surface area contributed by atoms with E-state index in [-0.39, 0.29) is 6.10 Å². The molecule has 5 unspecified atom stereocenters. The van der Waals surface area contributed by atoms with E-state index in [4.69, 9.17) is 0 Å². The summed E-state index contributed by atoms with van der Waals surface area (Å²) in [6.45, 7) is 9.80. The van der Waals surface area contributed by atoms with E-state index >= 15 is 0 Å². The van der Waals surface area contributed by atoms with Crippen LogP contribution >= 0.6 is 0 Å². The Balaban J connectivity index is 2.41. The first-order valence-electron chi connectivity index (χ1n) is 6.54. The Morgan fingerprint density at radius 2 is 2.00 bits per heavy atom. The van der Waals surface area contributed by atoms with Gasteiger partial charge in [-0.3, -0.25) is 0 Å². The van der Waals surface area contributed by atoms with Gasteiger partial charge in [0, 0.05) is 24.7 Å². The molecule has 0 radical (unpaired) electrons. The monoisotopic (exact) mass is 228 g/mol. The Kier molecular flexibility index (Phi) is 5.22. The molecular formula is C13H28N2O. The van der Waals surface area contributed by atoms with Gasteiger partial charge in [0.1, 0.15) is 0 Å². The largest absolute Gasteiger partial charge is 0.393 e. The summed E-state index contributed by atoms with van der Waals surface area (Å²) in [5, 5.41) is 13.0. The Morgan fingerprint density at radius 3 is 2.56 bits per heavy atom. The molecule has 2 N–H and O–H groups in total. The van der Waals surface area contributed by atoms with Crippen molar-refractivity contribution < 1.29 is 5.11 Å². The molecule has 0 spiro atoms. The average Bonchev–Trinajstić information content (AvgIpc) is 2.12. The molecule has 1 fully saturated rings. The number of rotatable bonds is 4. The lowest BCUT2D eigenvalue weighted by atomic mass is 9.89. The maximum absolute atomic E-state index is 9.36. The summed E-state index contributed by atoms with van der Waals surface area (Å²) in [5.74, 6) is 0.692. The molecule has 3 nitrogen and oxygen atoms in total. The van der Waals surface area contributed by atoms with Gasteiger partial charge in [0.05, 0.1) is 6.10 Å². The molecule has 1 aliphatic heterocycles. The molecule has 0 aromatic carbocycles. The SMILES string of the molecule is CC(O)CC(C)NC1CC(C)N(C)CC1C. The fraction of sp³-hybridized carbons (Fsp3) is 1.00. The topological polar surface area (TPSA) is 35.5 Å². The third-order valence-electron chi connectivity index (χ3n) is 3.80. The predicted octanol–water partition coefficient (Wildman–Crippen LogP) is 1.46. The molecule has 0 aromatic rings. The first-order valence-corrected chi connectivity index (χ1v) is 6.54. The molecular weight excluding hydrogens is 200 g/mol. The fourth-order valence-electron chi connectivity index (χ4n) is 2.72. The second-order valence-electron chi connectivity index (χ2n) is 5.76. The van der Waals surface area contributed by atoms with Crippen molar-refractivity contribution in [2.45, 2.75) is 64.8 Å². The Bertz CT molecular complexity index is 208. The number of nitrogens with one attached hydrogen (secondary N) is 1. The van der Waals surface area contributed by atoms with Crippen molar-refractivity contribution in [1.29, 1.82) is 0 Å². The van der Waals surface area contributed by atoms with Crippen LogP contribution in [0.5, 0.6) is 0 Å². The Hall–Kier alpha value is -0.120. The van der Waals surface area contributed by atoms with Crippen molar-refractivity contribution in [3.63, 3.8) is 0 Å². The number of hydrogen-bond acceptors (Lipinski definition) is 3. The predicted molar refractivity (Wildman–Crippen MR) is 68.6 cm³/mol. The third kappa shape index (κ3) is 4.04. The van der Waals surface area contributed by atoms with E-state index in [1.807, 2.05) is 6.92 Å². The zero-order valence-electron chi connectivity index (χ0n) is 11.4. The van der Waals surface area contributed by atoms with E-state index in [0.717, 1.165) is 6.42 Å². The van der Waals surface area contributed by atoms with Crippen molar-refractivity contribution >= 4 is 0 Å². The molecule has 5 atom stereocenters. The molecule has 96 valence electrons. The van der Waals surface area contributed by atoms with Gasteiger partial charge in [-0.1, -0.05) is 6.92 Å². The third-order valence-corrected chi connectivity index (χ3v) is 3.80. The number of piperidine rings is 1. The molecule has 1 saturated heterocycles. The lowest BCUT2D eigenvalue weighted by molar-refractivity contribution is 0.107. The number of hydrogen-bond donors (Lipinski definition) is 2. The zero-order chi connectivity index (χ0) is 12.3. The van der Waals surface area contributed by atoms with Crippen LogP contribution in [-0.4, -0.2) is 47.8 Å². The molecule has 0 amide bonds. The number of nitrogens with zero attached hydrogens (tertiary/aromatic N) is 1. The van der Waals surface area contributed by atoms with Gasteiger partial charge in [-0.25, -0.2) is 0 Å². The number of likely N-dealkylation sites (tertiary alicyclic amines) is 1. The van der Waals surface area contributed by atoms with Gasteiger partial charge in [-0.15, -0.1) is 0 Å². The van der Waals surface area contributed by atoms with Gasteiger partial charge in [-0.2, -0.15) is 0 Å². The van der Waals surface area contributed by atoms with Gasteiger partial charge in [0.2, 0.25) is 0 Å². The molecule has 16 heavy (non-hydrogen) atoms. The van der Waals surface area contributed by atoms with E-state index < -0.39 is 0 Å². The van der Waals surface area contributed by atoms with Crippen LogP contribution in [0.4, 0.5) is 0 Å². The molecule has 0 bridgehead atoms. The van der Waals surface area contributed by atoms with E-state index in [1.165, 1.54) is 13.0 Å². The van der Waals surface area contributed by atoms with Crippen LogP contribution in [0, 0.1) is 5.92 Å². The highest BCUT2D eigenvalue weighted by atomic mass is 16.3. The summed E-state index contributed by atoms with van der Waals surface area (Å²) in [4.78, 5) is 2.43. The number of aliphatic hydroxyl groups is 1. The van der Waals surface area contributed by atoms with Crippen LogP contribution in [-0.2, 0) is 0 Å². The van der Waals surface area contributed by atoms with Crippen molar-refractivity contribution in [3.05, 3.63) is 0 Å². The summed E-state index contributed by atoms with van der Waals surface area (Å²) in [6, 6.07) is 1.66. The van der Waals surface area contributed by atoms with Crippen molar-refractivity contribution in [1.82, 2.24) is 10.2 Å². The molecule has 1 aliphatic rings. The lowest BCUT2D eigenvalue weighted by Gasteiger charge is -2.41. The van der Waals surface area contributed by atoms with Crippen LogP contribution in [0.3, 0.4) is 0 Å². The first-order chi connectivity index (χ1) is 7.40. The molecule has 1 rings (SSSR count). The van der Waals surface area contributed by atoms with E-state index in [2.05, 4.69) is 38.0 Å². The van der Waals surface area contributed by atoms with Crippen LogP contribution < -0.4 is 5.32 Å². The molecule has 3 heteroatoms. The maximum atomic E-state index is 9.36. The molecule has 0 saturated carbocycles. The highest BCUT2D eigenvalue weighted by Crippen LogP contribution is 2.21. The normalized spacial score (nSPS) is 36.0. The minimum atomic E-state index is -0.207. The zero-order valence-corrected chi connectivity index (χ0v) is 11.4. The standard InChI is InChI=1S/C13H28N2O/c1-9-8-15(5)11(3)7-13(9)14-10(2)6-12(4)16/h9-14,16H,6-8H2,1-5H3.